The minimum atomic E-state index is -0.693. The number of nitrogens with zero attached hydrogens (tertiary/aromatic N) is 2. The third-order valence-electron chi connectivity index (χ3n) is 4.40. The molecule has 0 unspecified atom stereocenters. The zero-order valence-corrected chi connectivity index (χ0v) is 19.0. The van der Waals surface area contributed by atoms with Crippen LogP contribution >= 0.6 is 11.3 Å². The molecule has 0 bridgehead atoms. The number of benzene rings is 2. The van der Waals surface area contributed by atoms with Crippen LogP contribution < -0.4 is 20.2 Å². The first-order valence-electron chi connectivity index (χ1n) is 9.79. The zero-order chi connectivity index (χ0) is 24.5. The van der Waals surface area contributed by atoms with Gasteiger partial charge < -0.3 is 14.8 Å². The average Bonchev–Trinajstić information content (AvgIpc) is 3.33. The first-order valence-corrected chi connectivity index (χ1v) is 10.6. The number of amides is 2. The van der Waals surface area contributed by atoms with Gasteiger partial charge in [-0.2, -0.15) is 5.10 Å². The lowest BCUT2D eigenvalue weighted by Crippen LogP contribution is -2.32. The molecule has 0 spiro atoms. The first-order chi connectivity index (χ1) is 16.4. The van der Waals surface area contributed by atoms with Crippen molar-refractivity contribution in [3.05, 3.63) is 92.5 Å². The highest BCUT2D eigenvalue weighted by atomic mass is 32.1. The first kappa shape index (κ1) is 24.1. The minimum absolute atomic E-state index is 0.0445. The van der Waals surface area contributed by atoms with Gasteiger partial charge in [0.2, 0.25) is 0 Å². The highest BCUT2D eigenvalue weighted by Gasteiger charge is 2.15. The van der Waals surface area contributed by atoms with Crippen LogP contribution in [0.5, 0.6) is 11.5 Å². The summed E-state index contributed by atoms with van der Waals surface area (Å²) in [5, 5.41) is 17.2. The predicted octanol–water partition coefficient (Wildman–Crippen LogP) is 3.59. The van der Waals surface area contributed by atoms with Gasteiger partial charge in [-0.15, -0.1) is 0 Å². The van der Waals surface area contributed by atoms with E-state index in [1.54, 1.807) is 48.5 Å². The summed E-state index contributed by atoms with van der Waals surface area (Å²) in [6.45, 7) is 0. The van der Waals surface area contributed by atoms with Crippen molar-refractivity contribution in [2.45, 2.75) is 0 Å². The number of thiophene rings is 1. The van der Waals surface area contributed by atoms with Gasteiger partial charge in [-0.05, 0) is 42.0 Å². The second-order valence-electron chi connectivity index (χ2n) is 6.62. The number of rotatable bonds is 9. The summed E-state index contributed by atoms with van der Waals surface area (Å²) >= 11 is 0.909. The Hall–Kier alpha value is -4.51. The molecular weight excluding hydrogens is 460 g/mol. The predicted molar refractivity (Wildman–Crippen MR) is 128 cm³/mol. The van der Waals surface area contributed by atoms with Gasteiger partial charge in [-0.3, -0.25) is 19.7 Å². The fourth-order valence-corrected chi connectivity index (χ4v) is 3.47. The lowest BCUT2D eigenvalue weighted by molar-refractivity contribution is -0.380. The van der Waals surface area contributed by atoms with Crippen molar-refractivity contribution in [3.63, 3.8) is 0 Å². The molecule has 0 aliphatic rings. The summed E-state index contributed by atoms with van der Waals surface area (Å²) in [6, 6.07) is 16.3. The van der Waals surface area contributed by atoms with Crippen molar-refractivity contribution in [2.75, 3.05) is 14.2 Å². The van der Waals surface area contributed by atoms with Crippen LogP contribution in [0.3, 0.4) is 0 Å². The fraction of sp³-hybridized carbons (Fsp3) is 0.0870. The number of nitrogens with one attached hydrogen (secondary N) is 2. The molecule has 0 radical (unpaired) electrons. The Labute approximate surface area is 198 Å². The van der Waals surface area contributed by atoms with Crippen LogP contribution in [0.4, 0.5) is 5.00 Å². The van der Waals surface area contributed by atoms with E-state index >= 15 is 0 Å². The molecule has 0 aliphatic heterocycles. The van der Waals surface area contributed by atoms with Crippen molar-refractivity contribution in [1.29, 1.82) is 0 Å². The third kappa shape index (κ3) is 6.26. The largest absolute Gasteiger partial charge is 0.493 e. The number of carbonyl (C=O) groups is 2. The van der Waals surface area contributed by atoms with Crippen LogP contribution in [0.1, 0.15) is 20.8 Å². The van der Waals surface area contributed by atoms with Gasteiger partial charge in [-0.25, -0.2) is 5.43 Å². The average molecular weight is 481 g/mol. The van der Waals surface area contributed by atoms with E-state index in [1.165, 1.54) is 38.6 Å². The summed E-state index contributed by atoms with van der Waals surface area (Å²) in [4.78, 5) is 36.3. The Morgan fingerprint density at radius 3 is 2.41 bits per heavy atom. The molecule has 34 heavy (non-hydrogen) atoms. The Kier molecular flexibility index (Phi) is 8.08. The molecule has 10 nitrogen and oxygen atoms in total. The van der Waals surface area contributed by atoms with Crippen LogP contribution in [-0.4, -0.2) is 37.2 Å². The van der Waals surface area contributed by atoms with Gasteiger partial charge in [-0.1, -0.05) is 35.6 Å². The van der Waals surface area contributed by atoms with Crippen molar-refractivity contribution in [1.82, 2.24) is 10.7 Å². The fourth-order valence-electron chi connectivity index (χ4n) is 2.78. The van der Waals surface area contributed by atoms with Gasteiger partial charge in [0, 0.05) is 11.6 Å². The molecule has 0 saturated heterocycles. The summed E-state index contributed by atoms with van der Waals surface area (Å²) in [6.07, 6.45) is 2.74. The van der Waals surface area contributed by atoms with E-state index in [0.29, 0.717) is 27.5 Å². The maximum absolute atomic E-state index is 12.8. The maximum atomic E-state index is 12.8. The highest BCUT2D eigenvalue weighted by molar-refractivity contribution is 7.16. The molecule has 0 atom stereocenters. The Balaban J connectivity index is 1.84. The quantitative estimate of drug-likeness (QED) is 0.208. The number of carbonyl (C=O) groups excluding carboxylic acids is 2. The van der Waals surface area contributed by atoms with Gasteiger partial charge in [0.25, 0.3) is 11.8 Å². The van der Waals surface area contributed by atoms with E-state index in [2.05, 4.69) is 15.8 Å². The lowest BCUT2D eigenvalue weighted by Gasteiger charge is -2.11. The highest BCUT2D eigenvalue weighted by Crippen LogP contribution is 2.28. The van der Waals surface area contributed by atoms with Gasteiger partial charge in [0.15, 0.2) is 11.5 Å². The van der Waals surface area contributed by atoms with E-state index in [4.69, 9.17) is 9.47 Å². The van der Waals surface area contributed by atoms with Crippen LogP contribution in [0.15, 0.2) is 71.5 Å². The number of hydrazone groups is 1. The number of ether oxygens (including phenoxy) is 2. The van der Waals surface area contributed by atoms with Crippen LogP contribution in [-0.2, 0) is 4.79 Å². The van der Waals surface area contributed by atoms with Gasteiger partial charge in [0.05, 0.1) is 30.2 Å². The van der Waals surface area contributed by atoms with E-state index < -0.39 is 16.7 Å². The molecule has 0 saturated carbocycles. The molecule has 174 valence electrons. The Morgan fingerprint density at radius 2 is 1.76 bits per heavy atom. The topological polar surface area (TPSA) is 132 Å². The molecular formula is C23H20N4O6S. The minimum Gasteiger partial charge on any atom is -0.493 e. The van der Waals surface area contributed by atoms with Crippen molar-refractivity contribution >= 4 is 40.4 Å². The SMILES string of the molecule is COc1ccc(/C=C(/NC(=O)c2ccccc2)C(=O)N/N=C/c2ccc([N+](=O)[O-])s2)cc1OC. The van der Waals surface area contributed by atoms with E-state index in [0.717, 1.165) is 11.3 Å². The molecule has 0 fully saturated rings. The Bertz CT molecular complexity index is 1250. The second kappa shape index (κ2) is 11.4. The van der Waals surface area contributed by atoms with Crippen LogP contribution in [0.2, 0.25) is 0 Å². The van der Waals surface area contributed by atoms with E-state index in [1.807, 2.05) is 0 Å². The normalized spacial score (nSPS) is 11.2. The molecule has 2 N–H and O–H groups in total. The second-order valence-corrected chi connectivity index (χ2v) is 7.72. The number of hydrogen-bond acceptors (Lipinski definition) is 8. The standard InChI is InChI=1S/C23H20N4O6S/c1-32-19-10-8-15(13-20(19)33-2)12-18(25-22(28)16-6-4-3-5-7-16)23(29)26-24-14-17-9-11-21(34-17)27(30)31/h3-14H,1-2H3,(H,25,28)(H,26,29)/b18-12+,24-14+. The molecule has 1 heterocycles. The number of nitro groups is 1. The summed E-state index contributed by atoms with van der Waals surface area (Å²) in [5.74, 6) is -0.224. The molecule has 11 heteroatoms. The molecule has 0 aliphatic carbocycles. The number of hydrogen-bond donors (Lipinski definition) is 2. The summed E-state index contributed by atoms with van der Waals surface area (Å²) in [7, 11) is 2.99. The molecule has 3 aromatic rings. The molecule has 2 amide bonds. The van der Waals surface area contributed by atoms with Gasteiger partial charge >= 0.3 is 5.00 Å². The van der Waals surface area contributed by atoms with Crippen LogP contribution in [0.25, 0.3) is 6.08 Å². The molecule has 3 rings (SSSR count). The monoisotopic (exact) mass is 480 g/mol. The van der Waals surface area contributed by atoms with E-state index in [-0.39, 0.29) is 10.7 Å². The number of methoxy groups -OCH3 is 2. The molecule has 1 aromatic heterocycles. The smallest absolute Gasteiger partial charge is 0.324 e. The lowest BCUT2D eigenvalue weighted by atomic mass is 10.1. The maximum Gasteiger partial charge on any atom is 0.324 e. The van der Waals surface area contributed by atoms with Crippen molar-refractivity contribution < 1.29 is 24.0 Å². The zero-order valence-electron chi connectivity index (χ0n) is 18.2. The van der Waals surface area contributed by atoms with E-state index in [9.17, 15) is 19.7 Å². The third-order valence-corrected chi connectivity index (χ3v) is 5.37. The molecule has 2 aromatic carbocycles. The van der Waals surface area contributed by atoms with Crippen LogP contribution in [0, 0.1) is 10.1 Å². The van der Waals surface area contributed by atoms with Crippen molar-refractivity contribution in [3.8, 4) is 11.5 Å². The summed E-state index contributed by atoms with van der Waals surface area (Å²) < 4.78 is 10.5. The summed E-state index contributed by atoms with van der Waals surface area (Å²) in [5.41, 5.74) is 3.18. The van der Waals surface area contributed by atoms with Gasteiger partial charge in [0.1, 0.15) is 5.70 Å². The Morgan fingerprint density at radius 1 is 1.03 bits per heavy atom. The van der Waals surface area contributed by atoms with Crippen molar-refractivity contribution in [2.24, 2.45) is 5.10 Å².